The number of anilines is 1. The molecule has 3 aromatic rings. The molecule has 31 heavy (non-hydrogen) atoms. The maximum Gasteiger partial charge on any atom is 0.261 e. The number of carbonyl (C=O) groups is 2. The zero-order chi connectivity index (χ0) is 20.4. The van der Waals surface area contributed by atoms with Gasteiger partial charge in [-0.15, -0.1) is 12.4 Å². The van der Waals surface area contributed by atoms with Crippen LogP contribution in [0.2, 0.25) is 0 Å². The van der Waals surface area contributed by atoms with Crippen LogP contribution in [0, 0.1) is 5.82 Å². The molecular weight excluding hydrogens is 421 g/mol. The van der Waals surface area contributed by atoms with E-state index >= 15 is 0 Å². The van der Waals surface area contributed by atoms with Gasteiger partial charge in [-0.05, 0) is 36.2 Å². The van der Waals surface area contributed by atoms with E-state index in [-0.39, 0.29) is 29.3 Å². The smallest absolute Gasteiger partial charge is 0.261 e. The average Bonchev–Trinajstić information content (AvgIpc) is 3.36. The summed E-state index contributed by atoms with van der Waals surface area (Å²) in [6.07, 6.45) is 7.41. The highest BCUT2D eigenvalue weighted by molar-refractivity contribution is 6.47. The summed E-state index contributed by atoms with van der Waals surface area (Å²) >= 11 is 0. The van der Waals surface area contributed by atoms with Crippen molar-refractivity contribution in [1.82, 2.24) is 14.7 Å². The number of aliphatic imine (C=N–C) groups is 1. The number of rotatable bonds is 2. The lowest BCUT2D eigenvalue weighted by atomic mass is 9.94. The molecule has 0 bridgehead atoms. The Labute approximate surface area is 182 Å². The number of aromatic nitrogens is 2. The summed E-state index contributed by atoms with van der Waals surface area (Å²) in [5.74, 6) is -1.49. The Morgan fingerprint density at radius 3 is 2.81 bits per heavy atom. The van der Waals surface area contributed by atoms with Gasteiger partial charge in [0.05, 0.1) is 34.4 Å². The predicted molar refractivity (Wildman–Crippen MR) is 116 cm³/mol. The van der Waals surface area contributed by atoms with Gasteiger partial charge in [-0.1, -0.05) is 6.07 Å². The van der Waals surface area contributed by atoms with Gasteiger partial charge in [-0.2, -0.15) is 0 Å². The van der Waals surface area contributed by atoms with Crippen molar-refractivity contribution in [3.8, 4) is 0 Å². The zero-order valence-corrected chi connectivity index (χ0v) is 16.8. The van der Waals surface area contributed by atoms with Gasteiger partial charge in [0.25, 0.3) is 11.8 Å². The molecule has 2 aromatic heterocycles. The second-order valence-electron chi connectivity index (χ2n) is 7.29. The van der Waals surface area contributed by atoms with E-state index in [1.54, 1.807) is 23.0 Å². The first-order valence-corrected chi connectivity index (χ1v) is 9.48. The number of hydrogen-bond acceptors (Lipinski definition) is 5. The first-order valence-electron chi connectivity index (χ1n) is 9.48. The van der Waals surface area contributed by atoms with Crippen LogP contribution in [0.15, 0.2) is 65.7 Å². The number of benzene rings is 1. The highest BCUT2D eigenvalue weighted by atomic mass is 35.5. The highest BCUT2D eigenvalue weighted by Gasteiger charge is 2.38. The molecule has 0 radical (unpaired) electrons. The molecule has 0 fully saturated rings. The quantitative estimate of drug-likeness (QED) is 0.628. The van der Waals surface area contributed by atoms with Gasteiger partial charge in [0.15, 0.2) is 0 Å². The van der Waals surface area contributed by atoms with Gasteiger partial charge in [0.2, 0.25) is 0 Å². The number of carbonyl (C=O) groups excluding carboxylic acids is 2. The molecule has 3 aliphatic rings. The number of halogens is 2. The molecule has 7 nitrogen and oxygen atoms in total. The molecule has 9 heteroatoms. The van der Waals surface area contributed by atoms with Crippen LogP contribution in [-0.4, -0.2) is 33.5 Å². The van der Waals surface area contributed by atoms with Crippen LogP contribution in [-0.2, 0) is 16.0 Å². The lowest BCUT2D eigenvalue weighted by Gasteiger charge is -2.17. The second-order valence-corrected chi connectivity index (χ2v) is 7.29. The Morgan fingerprint density at radius 1 is 1.10 bits per heavy atom. The fraction of sp³-hybridized carbons (Fsp3) is 0.0909. The van der Waals surface area contributed by atoms with Crippen molar-refractivity contribution in [2.75, 3.05) is 11.4 Å². The third kappa shape index (κ3) is 2.72. The number of amides is 2. The number of pyridine rings is 1. The summed E-state index contributed by atoms with van der Waals surface area (Å²) < 4.78 is 16.2. The molecule has 3 aliphatic heterocycles. The zero-order valence-electron chi connectivity index (χ0n) is 16.0. The highest BCUT2D eigenvalue weighted by Crippen LogP contribution is 2.38. The molecule has 0 spiro atoms. The largest absolute Gasteiger partial charge is 0.345 e. The Morgan fingerprint density at radius 2 is 1.94 bits per heavy atom. The summed E-state index contributed by atoms with van der Waals surface area (Å²) in [7, 11) is 0. The number of imidazole rings is 1. The van der Waals surface area contributed by atoms with E-state index in [9.17, 15) is 14.0 Å². The number of fused-ring (bicyclic) bond motifs is 1. The van der Waals surface area contributed by atoms with Crippen molar-refractivity contribution < 1.29 is 14.0 Å². The molecule has 0 unspecified atom stereocenters. The van der Waals surface area contributed by atoms with Crippen LogP contribution in [0.4, 0.5) is 10.1 Å². The van der Waals surface area contributed by atoms with Crippen LogP contribution >= 0.6 is 12.4 Å². The van der Waals surface area contributed by atoms with E-state index in [4.69, 9.17) is 0 Å². The summed E-state index contributed by atoms with van der Waals surface area (Å²) in [6.45, 7) is 0.704. The van der Waals surface area contributed by atoms with Crippen molar-refractivity contribution >= 4 is 46.8 Å². The third-order valence-corrected chi connectivity index (χ3v) is 5.61. The van der Waals surface area contributed by atoms with Crippen LogP contribution in [0.25, 0.3) is 11.2 Å². The molecule has 0 saturated carbocycles. The van der Waals surface area contributed by atoms with E-state index in [0.29, 0.717) is 29.9 Å². The summed E-state index contributed by atoms with van der Waals surface area (Å²) in [5, 5.41) is 2.37. The lowest BCUT2D eigenvalue weighted by molar-refractivity contribution is -0.123. The van der Waals surface area contributed by atoms with E-state index in [2.05, 4.69) is 15.3 Å². The average molecular weight is 436 g/mol. The molecule has 0 aliphatic carbocycles. The van der Waals surface area contributed by atoms with Gasteiger partial charge in [0.1, 0.15) is 11.5 Å². The first kappa shape index (κ1) is 19.2. The number of nitrogens with zero attached hydrogens (tertiary/aromatic N) is 4. The maximum atomic E-state index is 14.4. The van der Waals surface area contributed by atoms with Crippen LogP contribution in [0.5, 0.6) is 0 Å². The van der Waals surface area contributed by atoms with Gasteiger partial charge in [-0.3, -0.25) is 24.3 Å². The van der Waals surface area contributed by atoms with E-state index in [0.717, 1.165) is 11.3 Å². The first-order chi connectivity index (χ1) is 14.6. The van der Waals surface area contributed by atoms with Crippen LogP contribution in [0.3, 0.4) is 0 Å². The van der Waals surface area contributed by atoms with Gasteiger partial charge in [0, 0.05) is 30.7 Å². The minimum Gasteiger partial charge on any atom is -0.345 e. The second kappa shape index (κ2) is 6.88. The number of nitrogens with one attached hydrogen (secondary N) is 1. The van der Waals surface area contributed by atoms with Gasteiger partial charge < -0.3 is 4.90 Å². The number of hydrogen-bond donors (Lipinski definition) is 1. The predicted octanol–water partition coefficient (Wildman–Crippen LogP) is 2.64. The molecule has 1 N–H and O–H groups in total. The standard InChI is InChI=1S/C22H14FN5O2.ClH/c23-13-9-12-4-7-27-8-5-24-19(14(10-13)20(12)27)18-17(21(29)26-22(18)30)15-11-25-16-3-1-2-6-28(15)16;/h1-3,5-6,8-11H,4,7H2,(H,26,29,30);1H. The monoisotopic (exact) mass is 435 g/mol. The normalized spacial score (nSPS) is 16.9. The number of imide groups is 1. The molecular formula is C22H15ClFN5O2. The minimum atomic E-state index is -0.558. The molecule has 0 saturated heterocycles. The van der Waals surface area contributed by atoms with Crippen molar-refractivity contribution in [1.29, 1.82) is 0 Å². The molecule has 0 atom stereocenters. The molecule has 6 rings (SSSR count). The molecule has 2 amide bonds. The van der Waals surface area contributed by atoms with Crippen LogP contribution in [0.1, 0.15) is 16.8 Å². The molecule has 154 valence electrons. The van der Waals surface area contributed by atoms with E-state index < -0.39 is 17.6 Å². The van der Waals surface area contributed by atoms with Crippen LogP contribution < -0.4 is 10.2 Å². The third-order valence-electron chi connectivity index (χ3n) is 5.61. The fourth-order valence-corrected chi connectivity index (χ4v) is 4.37. The van der Waals surface area contributed by atoms with E-state index in [1.807, 2.05) is 29.3 Å². The van der Waals surface area contributed by atoms with Gasteiger partial charge >= 0.3 is 0 Å². The Kier molecular flexibility index (Phi) is 4.26. The molecule has 1 aromatic carbocycles. The summed E-state index contributed by atoms with van der Waals surface area (Å²) in [4.78, 5) is 36.5. The topological polar surface area (TPSA) is 79.1 Å². The van der Waals surface area contributed by atoms with Gasteiger partial charge in [-0.25, -0.2) is 9.37 Å². The maximum absolute atomic E-state index is 14.4. The van der Waals surface area contributed by atoms with Crippen molar-refractivity contribution in [3.05, 3.63) is 83.3 Å². The Balaban J connectivity index is 0.00000204. The summed E-state index contributed by atoms with van der Waals surface area (Å²) in [6, 6.07) is 8.34. The fourth-order valence-electron chi connectivity index (χ4n) is 4.37. The van der Waals surface area contributed by atoms with Crippen molar-refractivity contribution in [3.63, 3.8) is 0 Å². The summed E-state index contributed by atoms with van der Waals surface area (Å²) in [5.41, 5.74) is 3.87. The van der Waals surface area contributed by atoms with E-state index in [1.165, 1.54) is 12.1 Å². The van der Waals surface area contributed by atoms with Crippen molar-refractivity contribution in [2.45, 2.75) is 6.42 Å². The van der Waals surface area contributed by atoms with Crippen molar-refractivity contribution in [2.24, 2.45) is 4.99 Å². The lowest BCUT2D eigenvalue weighted by Crippen LogP contribution is -2.25. The SMILES string of the molecule is Cl.O=C1NC(=O)C(c2cnc3ccccn23)=C1C1=NC=CN2CCc3cc(F)cc1c32. The Hall–Kier alpha value is -3.78. The molecule has 5 heterocycles. The minimum absolute atomic E-state index is 0. The Bertz CT molecular complexity index is 1390.